The monoisotopic (exact) mass is 215 g/mol. The zero-order valence-corrected chi connectivity index (χ0v) is 9.69. The van der Waals surface area contributed by atoms with Crippen LogP contribution in [0.25, 0.3) is 0 Å². The molecule has 0 N–H and O–H groups in total. The van der Waals surface area contributed by atoms with Gasteiger partial charge >= 0.3 is 0 Å². The molecule has 0 spiro atoms. The Hall–Kier alpha value is -1.40. The Kier molecular flexibility index (Phi) is 3.53. The first kappa shape index (κ1) is 11.1. The van der Waals surface area contributed by atoms with Crippen LogP contribution in [-0.4, -0.2) is 23.0 Å². The lowest BCUT2D eigenvalue weighted by Crippen LogP contribution is -2.32. The van der Waals surface area contributed by atoms with Gasteiger partial charge in [-0.05, 0) is 49.5 Å². The second-order valence-electron chi connectivity index (χ2n) is 4.62. The average molecular weight is 215 g/mol. The molecule has 16 heavy (non-hydrogen) atoms. The van der Waals surface area contributed by atoms with E-state index in [1.54, 1.807) is 6.20 Å². The van der Waals surface area contributed by atoms with Gasteiger partial charge in [-0.1, -0.05) is 6.92 Å². The smallest absolute Gasteiger partial charge is 0.140 e. The van der Waals surface area contributed by atoms with Gasteiger partial charge in [0.15, 0.2) is 0 Å². The summed E-state index contributed by atoms with van der Waals surface area (Å²) >= 11 is 0. The molecule has 0 unspecified atom stereocenters. The van der Waals surface area contributed by atoms with Crippen LogP contribution in [0.3, 0.4) is 0 Å². The van der Waals surface area contributed by atoms with Crippen molar-refractivity contribution in [1.82, 2.24) is 9.88 Å². The van der Waals surface area contributed by atoms with Crippen molar-refractivity contribution in [3.63, 3.8) is 0 Å². The molecule has 1 saturated heterocycles. The van der Waals surface area contributed by atoms with Crippen LogP contribution in [0.4, 0.5) is 0 Å². The zero-order valence-electron chi connectivity index (χ0n) is 9.69. The maximum Gasteiger partial charge on any atom is 0.140 e. The summed E-state index contributed by atoms with van der Waals surface area (Å²) in [6.07, 6.45) is 4.30. The summed E-state index contributed by atoms with van der Waals surface area (Å²) in [5.74, 6) is 0.864. The standard InChI is InChI=1S/C13H17N3/c1-11-3-6-16(7-4-11)10-12-2-5-15-13(8-12)9-14/h2,5,8,11H,3-4,6-7,10H2,1H3. The van der Waals surface area contributed by atoms with E-state index in [0.717, 1.165) is 12.5 Å². The third-order valence-corrected chi connectivity index (χ3v) is 3.22. The fourth-order valence-electron chi connectivity index (χ4n) is 2.11. The molecule has 0 radical (unpaired) electrons. The number of pyridine rings is 1. The van der Waals surface area contributed by atoms with E-state index in [2.05, 4.69) is 22.9 Å². The molecule has 0 aromatic carbocycles. The van der Waals surface area contributed by atoms with Crippen molar-refractivity contribution in [3.8, 4) is 6.07 Å². The van der Waals surface area contributed by atoms with Gasteiger partial charge in [-0.3, -0.25) is 4.90 Å². The number of likely N-dealkylation sites (tertiary alicyclic amines) is 1. The summed E-state index contributed by atoms with van der Waals surface area (Å²) in [5.41, 5.74) is 1.71. The van der Waals surface area contributed by atoms with E-state index in [1.807, 2.05) is 12.1 Å². The summed E-state index contributed by atoms with van der Waals surface area (Å²) in [5, 5.41) is 8.78. The van der Waals surface area contributed by atoms with E-state index in [4.69, 9.17) is 5.26 Å². The molecule has 2 heterocycles. The Morgan fingerprint density at radius 3 is 2.94 bits per heavy atom. The van der Waals surface area contributed by atoms with Gasteiger partial charge in [-0.2, -0.15) is 5.26 Å². The molecule has 84 valence electrons. The van der Waals surface area contributed by atoms with Crippen molar-refractivity contribution in [2.45, 2.75) is 26.3 Å². The van der Waals surface area contributed by atoms with Gasteiger partial charge in [-0.25, -0.2) is 4.98 Å². The molecule has 0 atom stereocenters. The van der Waals surface area contributed by atoms with Crippen LogP contribution in [0.2, 0.25) is 0 Å². The van der Waals surface area contributed by atoms with Crippen molar-refractivity contribution in [1.29, 1.82) is 5.26 Å². The summed E-state index contributed by atoms with van der Waals surface area (Å²) in [6, 6.07) is 5.97. The van der Waals surface area contributed by atoms with Crippen LogP contribution >= 0.6 is 0 Å². The maximum absolute atomic E-state index is 8.78. The van der Waals surface area contributed by atoms with Gasteiger partial charge in [0.05, 0.1) is 0 Å². The molecule has 0 amide bonds. The predicted molar refractivity (Wildman–Crippen MR) is 62.6 cm³/mol. The van der Waals surface area contributed by atoms with E-state index in [9.17, 15) is 0 Å². The second-order valence-corrected chi connectivity index (χ2v) is 4.62. The number of piperidine rings is 1. The van der Waals surface area contributed by atoms with Crippen molar-refractivity contribution in [2.24, 2.45) is 5.92 Å². The van der Waals surface area contributed by atoms with Gasteiger partial charge < -0.3 is 0 Å². The van der Waals surface area contributed by atoms with E-state index in [-0.39, 0.29) is 0 Å². The molecule has 3 heteroatoms. The number of nitriles is 1. The minimum absolute atomic E-state index is 0.517. The third-order valence-electron chi connectivity index (χ3n) is 3.22. The highest BCUT2D eigenvalue weighted by Gasteiger charge is 2.15. The largest absolute Gasteiger partial charge is 0.299 e. The fourth-order valence-corrected chi connectivity index (χ4v) is 2.11. The van der Waals surface area contributed by atoms with Gasteiger partial charge in [0.2, 0.25) is 0 Å². The first-order chi connectivity index (χ1) is 7.78. The van der Waals surface area contributed by atoms with Gasteiger partial charge in [0.25, 0.3) is 0 Å². The molecule has 1 fully saturated rings. The number of aromatic nitrogens is 1. The third kappa shape index (κ3) is 2.80. The highest BCUT2D eigenvalue weighted by Crippen LogP contribution is 2.17. The molecule has 1 aromatic heterocycles. The van der Waals surface area contributed by atoms with Crippen molar-refractivity contribution in [2.75, 3.05) is 13.1 Å². The maximum atomic E-state index is 8.78. The number of hydrogen-bond donors (Lipinski definition) is 0. The lowest BCUT2D eigenvalue weighted by atomic mass is 9.99. The molecular weight excluding hydrogens is 198 g/mol. The van der Waals surface area contributed by atoms with Crippen LogP contribution in [0.5, 0.6) is 0 Å². The van der Waals surface area contributed by atoms with Crippen molar-refractivity contribution in [3.05, 3.63) is 29.6 Å². The molecular formula is C13H17N3. The molecule has 2 rings (SSSR count). The highest BCUT2D eigenvalue weighted by atomic mass is 15.1. The minimum Gasteiger partial charge on any atom is -0.299 e. The topological polar surface area (TPSA) is 39.9 Å². The van der Waals surface area contributed by atoms with Gasteiger partial charge in [0.1, 0.15) is 11.8 Å². The van der Waals surface area contributed by atoms with Crippen LogP contribution in [0, 0.1) is 17.2 Å². The van der Waals surface area contributed by atoms with Crippen LogP contribution < -0.4 is 0 Å². The Bertz CT molecular complexity index is 386. The summed E-state index contributed by atoms with van der Waals surface area (Å²) in [4.78, 5) is 6.44. The zero-order chi connectivity index (χ0) is 11.4. The number of hydrogen-bond acceptors (Lipinski definition) is 3. The number of rotatable bonds is 2. The Morgan fingerprint density at radius 1 is 1.50 bits per heavy atom. The lowest BCUT2D eigenvalue weighted by Gasteiger charge is -2.30. The second kappa shape index (κ2) is 5.09. The van der Waals surface area contributed by atoms with Crippen molar-refractivity contribution < 1.29 is 0 Å². The quantitative estimate of drug-likeness (QED) is 0.759. The lowest BCUT2D eigenvalue weighted by molar-refractivity contribution is 0.185. The van der Waals surface area contributed by atoms with Gasteiger partial charge in [0, 0.05) is 12.7 Å². The predicted octanol–water partition coefficient (Wildman–Crippen LogP) is 2.19. The van der Waals surface area contributed by atoms with Crippen LogP contribution in [0.15, 0.2) is 18.3 Å². The molecule has 3 nitrogen and oxygen atoms in total. The van der Waals surface area contributed by atoms with Crippen LogP contribution in [0.1, 0.15) is 31.0 Å². The Labute approximate surface area is 96.7 Å². The SMILES string of the molecule is CC1CCN(Cc2ccnc(C#N)c2)CC1. The van der Waals surface area contributed by atoms with Crippen LogP contribution in [-0.2, 0) is 6.54 Å². The summed E-state index contributed by atoms with van der Waals surface area (Å²) in [6.45, 7) is 5.61. The number of nitrogens with zero attached hydrogens (tertiary/aromatic N) is 3. The fraction of sp³-hybridized carbons (Fsp3) is 0.538. The molecule has 0 bridgehead atoms. The first-order valence-electron chi connectivity index (χ1n) is 5.85. The first-order valence-corrected chi connectivity index (χ1v) is 5.85. The highest BCUT2D eigenvalue weighted by molar-refractivity contribution is 5.25. The van der Waals surface area contributed by atoms with E-state index < -0.39 is 0 Å². The van der Waals surface area contributed by atoms with Crippen molar-refractivity contribution >= 4 is 0 Å². The molecule has 0 aliphatic carbocycles. The average Bonchev–Trinajstić information content (AvgIpc) is 2.32. The van der Waals surface area contributed by atoms with E-state index in [0.29, 0.717) is 5.69 Å². The van der Waals surface area contributed by atoms with E-state index >= 15 is 0 Å². The molecule has 1 aromatic rings. The normalized spacial score (nSPS) is 18.2. The van der Waals surface area contributed by atoms with E-state index in [1.165, 1.54) is 31.5 Å². The minimum atomic E-state index is 0.517. The molecule has 1 aliphatic heterocycles. The van der Waals surface area contributed by atoms with Gasteiger partial charge in [-0.15, -0.1) is 0 Å². The Balaban J connectivity index is 1.96. The summed E-state index contributed by atoms with van der Waals surface area (Å²) in [7, 11) is 0. The summed E-state index contributed by atoms with van der Waals surface area (Å²) < 4.78 is 0. The Morgan fingerprint density at radius 2 is 2.25 bits per heavy atom. The molecule has 0 saturated carbocycles. The molecule has 1 aliphatic rings.